The van der Waals surface area contributed by atoms with Crippen LogP contribution in [0.4, 0.5) is 15.8 Å². The van der Waals surface area contributed by atoms with E-state index in [0.29, 0.717) is 5.69 Å². The van der Waals surface area contributed by atoms with E-state index < -0.39 is 20.7 Å². The van der Waals surface area contributed by atoms with Crippen molar-refractivity contribution in [2.24, 2.45) is 0 Å². The van der Waals surface area contributed by atoms with E-state index in [1.54, 1.807) is 31.2 Å². The summed E-state index contributed by atoms with van der Waals surface area (Å²) >= 11 is 0. The first kappa shape index (κ1) is 15.3. The van der Waals surface area contributed by atoms with Crippen molar-refractivity contribution >= 4 is 21.4 Å². The molecular formula is C15H17FN2O2S. The second kappa shape index (κ2) is 5.73. The van der Waals surface area contributed by atoms with Gasteiger partial charge in [0.25, 0.3) is 10.0 Å². The summed E-state index contributed by atoms with van der Waals surface area (Å²) in [6.07, 6.45) is 0. The average Bonchev–Trinajstić information content (AvgIpc) is 2.41. The smallest absolute Gasteiger partial charge is 0.269 e. The van der Waals surface area contributed by atoms with E-state index in [9.17, 15) is 12.8 Å². The molecule has 4 nitrogen and oxygen atoms in total. The largest absolute Gasteiger partial charge is 0.398 e. The first-order chi connectivity index (χ1) is 9.87. The Balaban J connectivity index is 2.58. The van der Waals surface area contributed by atoms with E-state index in [1.165, 1.54) is 12.1 Å². The summed E-state index contributed by atoms with van der Waals surface area (Å²) in [7, 11) is -4.05. The molecular weight excluding hydrogens is 291 g/mol. The fraction of sp³-hybridized carbons (Fsp3) is 0.200. The van der Waals surface area contributed by atoms with Gasteiger partial charge < -0.3 is 5.73 Å². The van der Waals surface area contributed by atoms with Crippen LogP contribution in [0.25, 0.3) is 0 Å². The minimum absolute atomic E-state index is 0.0967. The molecule has 0 saturated heterocycles. The molecule has 2 aromatic rings. The number of halogens is 1. The second-order valence-corrected chi connectivity index (χ2v) is 6.46. The second-order valence-electron chi connectivity index (χ2n) is 4.66. The molecule has 6 heteroatoms. The molecule has 0 aliphatic heterocycles. The lowest BCUT2D eigenvalue weighted by molar-refractivity contribution is 0.565. The van der Waals surface area contributed by atoms with Gasteiger partial charge in [0.05, 0.1) is 11.4 Å². The fourth-order valence-corrected chi connectivity index (χ4v) is 3.75. The lowest BCUT2D eigenvalue weighted by Crippen LogP contribution is -2.32. The highest BCUT2D eigenvalue weighted by Gasteiger charge is 2.28. The number of nitrogens with two attached hydrogens (primary N) is 1. The van der Waals surface area contributed by atoms with Crippen LogP contribution in [0.2, 0.25) is 0 Å². The zero-order valence-corrected chi connectivity index (χ0v) is 12.7. The number of nitrogens with zero attached hydrogens (tertiary/aromatic N) is 1. The molecule has 0 aliphatic rings. The summed E-state index contributed by atoms with van der Waals surface area (Å²) < 4.78 is 40.5. The Hall–Kier alpha value is -2.08. The molecule has 0 aliphatic carbocycles. The van der Waals surface area contributed by atoms with Crippen molar-refractivity contribution in [1.29, 1.82) is 0 Å². The Kier molecular flexibility index (Phi) is 4.18. The van der Waals surface area contributed by atoms with Crippen LogP contribution in [0.1, 0.15) is 12.5 Å². The van der Waals surface area contributed by atoms with Gasteiger partial charge in [-0.1, -0.05) is 23.8 Å². The number of hydrogen-bond acceptors (Lipinski definition) is 3. The monoisotopic (exact) mass is 308 g/mol. The van der Waals surface area contributed by atoms with Crippen molar-refractivity contribution in [3.05, 3.63) is 53.8 Å². The van der Waals surface area contributed by atoms with Crippen LogP contribution >= 0.6 is 0 Å². The maximum atomic E-state index is 13.9. The van der Waals surface area contributed by atoms with Crippen LogP contribution in [-0.4, -0.2) is 15.0 Å². The van der Waals surface area contributed by atoms with E-state index in [4.69, 9.17) is 5.73 Å². The Morgan fingerprint density at radius 2 is 1.76 bits per heavy atom. The van der Waals surface area contributed by atoms with E-state index in [1.807, 2.05) is 6.92 Å². The number of aryl methyl sites for hydroxylation is 1. The minimum atomic E-state index is -4.05. The standard InChI is InChI=1S/C15H17FN2O2S/c1-3-18(12-9-7-11(2)8-10-12)21(19,20)15-13(16)5-4-6-14(15)17/h4-10H,3,17H2,1-2H3. The van der Waals surface area contributed by atoms with E-state index in [-0.39, 0.29) is 12.2 Å². The van der Waals surface area contributed by atoms with Crippen LogP contribution in [0.3, 0.4) is 0 Å². The predicted octanol–water partition coefficient (Wildman–Crippen LogP) is 2.93. The summed E-state index contributed by atoms with van der Waals surface area (Å²) in [6, 6.07) is 10.8. The van der Waals surface area contributed by atoms with Gasteiger partial charge in [-0.3, -0.25) is 4.31 Å². The third-order valence-electron chi connectivity index (χ3n) is 3.15. The van der Waals surface area contributed by atoms with Gasteiger partial charge >= 0.3 is 0 Å². The maximum Gasteiger partial charge on any atom is 0.269 e. The fourth-order valence-electron chi connectivity index (χ4n) is 2.11. The van der Waals surface area contributed by atoms with Gasteiger partial charge in [0.2, 0.25) is 0 Å². The molecule has 2 N–H and O–H groups in total. The molecule has 0 aromatic heterocycles. The summed E-state index contributed by atoms with van der Waals surface area (Å²) in [5, 5.41) is 0. The number of anilines is 2. The van der Waals surface area contributed by atoms with Gasteiger partial charge in [-0.05, 0) is 38.1 Å². The average molecular weight is 308 g/mol. The van der Waals surface area contributed by atoms with Gasteiger partial charge in [-0.15, -0.1) is 0 Å². The van der Waals surface area contributed by atoms with Crippen molar-refractivity contribution in [2.45, 2.75) is 18.7 Å². The summed E-state index contributed by atoms with van der Waals surface area (Å²) in [6.45, 7) is 3.77. The van der Waals surface area contributed by atoms with E-state index >= 15 is 0 Å². The molecule has 0 fully saturated rings. The number of rotatable bonds is 4. The van der Waals surface area contributed by atoms with Crippen molar-refractivity contribution in [3.8, 4) is 0 Å². The number of sulfonamides is 1. The molecule has 0 bridgehead atoms. The number of benzene rings is 2. The van der Waals surface area contributed by atoms with Crippen LogP contribution in [-0.2, 0) is 10.0 Å². The Morgan fingerprint density at radius 3 is 2.29 bits per heavy atom. The number of nitrogen functional groups attached to an aromatic ring is 1. The highest BCUT2D eigenvalue weighted by Crippen LogP contribution is 2.29. The van der Waals surface area contributed by atoms with Crippen molar-refractivity contribution < 1.29 is 12.8 Å². The topological polar surface area (TPSA) is 63.4 Å². The van der Waals surface area contributed by atoms with Gasteiger partial charge in [-0.2, -0.15) is 0 Å². The zero-order valence-electron chi connectivity index (χ0n) is 11.9. The van der Waals surface area contributed by atoms with E-state index in [2.05, 4.69) is 0 Å². The zero-order chi connectivity index (χ0) is 15.6. The van der Waals surface area contributed by atoms with Crippen LogP contribution in [0.5, 0.6) is 0 Å². The molecule has 0 atom stereocenters. The minimum Gasteiger partial charge on any atom is -0.398 e. The molecule has 0 radical (unpaired) electrons. The highest BCUT2D eigenvalue weighted by atomic mass is 32.2. The van der Waals surface area contributed by atoms with Gasteiger partial charge in [-0.25, -0.2) is 12.8 Å². The molecule has 0 heterocycles. The van der Waals surface area contributed by atoms with Gasteiger partial charge in [0.1, 0.15) is 10.7 Å². The normalized spacial score (nSPS) is 11.4. The Labute approximate surface area is 124 Å². The van der Waals surface area contributed by atoms with Crippen molar-refractivity contribution in [3.63, 3.8) is 0 Å². The van der Waals surface area contributed by atoms with Crippen LogP contribution < -0.4 is 10.0 Å². The third kappa shape index (κ3) is 2.85. The summed E-state index contributed by atoms with van der Waals surface area (Å²) in [4.78, 5) is -0.479. The molecule has 2 rings (SSSR count). The molecule has 0 unspecified atom stereocenters. The molecule has 21 heavy (non-hydrogen) atoms. The van der Waals surface area contributed by atoms with Crippen molar-refractivity contribution in [1.82, 2.24) is 0 Å². The molecule has 0 amide bonds. The highest BCUT2D eigenvalue weighted by molar-refractivity contribution is 7.93. The SMILES string of the molecule is CCN(c1ccc(C)cc1)S(=O)(=O)c1c(N)cccc1F. The van der Waals surface area contributed by atoms with Gasteiger partial charge in [0.15, 0.2) is 0 Å². The first-order valence-corrected chi connectivity index (χ1v) is 7.95. The molecule has 0 spiro atoms. The van der Waals surface area contributed by atoms with Gasteiger partial charge in [0, 0.05) is 6.54 Å². The summed E-state index contributed by atoms with van der Waals surface area (Å²) in [5.74, 6) is -0.847. The molecule has 0 saturated carbocycles. The van der Waals surface area contributed by atoms with E-state index in [0.717, 1.165) is 15.9 Å². The predicted molar refractivity (Wildman–Crippen MR) is 82.2 cm³/mol. The summed E-state index contributed by atoms with van der Waals surface area (Å²) in [5.41, 5.74) is 7.05. The van der Waals surface area contributed by atoms with Crippen LogP contribution in [0.15, 0.2) is 47.4 Å². The molecule has 2 aromatic carbocycles. The lowest BCUT2D eigenvalue weighted by atomic mass is 10.2. The first-order valence-electron chi connectivity index (χ1n) is 6.51. The van der Waals surface area contributed by atoms with Crippen LogP contribution in [0, 0.1) is 12.7 Å². The Morgan fingerprint density at radius 1 is 1.14 bits per heavy atom. The lowest BCUT2D eigenvalue weighted by Gasteiger charge is -2.24. The number of hydrogen-bond donors (Lipinski definition) is 1. The third-order valence-corrected chi connectivity index (χ3v) is 5.15. The van der Waals surface area contributed by atoms with Crippen molar-refractivity contribution in [2.75, 3.05) is 16.6 Å². The maximum absolute atomic E-state index is 13.9. The molecule has 112 valence electrons. The Bertz CT molecular complexity index is 723. The quantitative estimate of drug-likeness (QED) is 0.883.